The van der Waals surface area contributed by atoms with Crippen molar-refractivity contribution < 1.29 is 18.3 Å². The van der Waals surface area contributed by atoms with Gasteiger partial charge in [-0.05, 0) is 61.8 Å². The molecule has 1 aromatic heterocycles. The van der Waals surface area contributed by atoms with Crippen LogP contribution in [0.25, 0.3) is 11.1 Å². The van der Waals surface area contributed by atoms with E-state index < -0.39 is 11.6 Å². The quantitative estimate of drug-likeness (QED) is 0.452. The van der Waals surface area contributed by atoms with Gasteiger partial charge in [0.2, 0.25) is 0 Å². The lowest BCUT2D eigenvalue weighted by molar-refractivity contribution is 0.0950. The monoisotopic (exact) mass is 486 g/mol. The van der Waals surface area contributed by atoms with Crippen molar-refractivity contribution >= 4 is 23.3 Å². The zero-order valence-electron chi connectivity index (χ0n) is 18.5. The number of aromatic nitrogens is 1. The van der Waals surface area contributed by atoms with Crippen molar-refractivity contribution in [3.63, 3.8) is 0 Å². The number of nitrogens with two attached hydrogens (primary N) is 1. The number of ether oxygens (including phenoxy) is 1. The number of rotatable bonds is 8. The van der Waals surface area contributed by atoms with E-state index in [1.807, 2.05) is 6.07 Å². The third-order valence-corrected chi connectivity index (χ3v) is 6.17. The maximum atomic E-state index is 14.1. The summed E-state index contributed by atoms with van der Waals surface area (Å²) in [6.45, 7) is 3.26. The van der Waals surface area contributed by atoms with Gasteiger partial charge in [0.15, 0.2) is 11.6 Å². The van der Waals surface area contributed by atoms with Gasteiger partial charge in [-0.25, -0.2) is 13.8 Å². The summed E-state index contributed by atoms with van der Waals surface area (Å²) < 4.78 is 33.4. The fourth-order valence-electron chi connectivity index (χ4n) is 3.86. The van der Waals surface area contributed by atoms with Crippen LogP contribution in [0.5, 0.6) is 5.75 Å². The van der Waals surface area contributed by atoms with E-state index in [1.54, 1.807) is 30.5 Å². The number of hydrogen-bond acceptors (Lipinski definition) is 5. The van der Waals surface area contributed by atoms with Crippen LogP contribution in [0.3, 0.4) is 0 Å². The summed E-state index contributed by atoms with van der Waals surface area (Å²) in [5.74, 6) is -1.29. The van der Waals surface area contributed by atoms with E-state index in [9.17, 15) is 13.6 Å². The second-order valence-corrected chi connectivity index (χ2v) is 8.48. The molecule has 4 rings (SSSR count). The number of benzene rings is 2. The first-order valence-corrected chi connectivity index (χ1v) is 11.4. The highest BCUT2D eigenvalue weighted by molar-refractivity contribution is 6.31. The van der Waals surface area contributed by atoms with E-state index in [4.69, 9.17) is 22.1 Å². The molecule has 2 heterocycles. The summed E-state index contributed by atoms with van der Waals surface area (Å²) in [4.78, 5) is 19.1. The van der Waals surface area contributed by atoms with Gasteiger partial charge in [0, 0.05) is 36.0 Å². The molecule has 1 fully saturated rings. The molecule has 0 atom stereocenters. The number of carbonyl (C=O) groups excluding carboxylic acids is 1. The molecule has 0 saturated carbocycles. The number of likely N-dealkylation sites (tertiary alicyclic amines) is 1. The normalized spacial score (nSPS) is 13.7. The third kappa shape index (κ3) is 5.63. The first kappa shape index (κ1) is 23.9. The van der Waals surface area contributed by atoms with Gasteiger partial charge in [0.05, 0.1) is 5.02 Å². The van der Waals surface area contributed by atoms with Crippen molar-refractivity contribution in [1.82, 2.24) is 15.2 Å². The molecule has 9 heteroatoms. The standard InChI is InChI=1S/C25H25ClF2N4O2/c26-23-19(20(27)6-7-21(23)28)15-34-22-13-18(14-31-24(22)29)16-4-3-5-17(12-16)25(33)30-8-11-32-9-1-2-10-32/h3-7,12-14H,1-2,8-11,15H2,(H2,29,31)(H,30,33). The maximum absolute atomic E-state index is 14.1. The molecule has 1 saturated heterocycles. The molecule has 34 heavy (non-hydrogen) atoms. The molecular weight excluding hydrogens is 462 g/mol. The number of carbonyl (C=O) groups is 1. The minimum absolute atomic E-state index is 0.0903. The van der Waals surface area contributed by atoms with E-state index in [0.717, 1.165) is 37.3 Å². The lowest BCUT2D eigenvalue weighted by Gasteiger charge is -2.15. The van der Waals surface area contributed by atoms with Crippen LogP contribution in [-0.4, -0.2) is 42.0 Å². The number of amides is 1. The summed E-state index contributed by atoms with van der Waals surface area (Å²) in [5, 5.41) is 2.62. The molecule has 0 unspecified atom stereocenters. The summed E-state index contributed by atoms with van der Waals surface area (Å²) in [5.41, 5.74) is 7.72. The minimum atomic E-state index is -0.739. The Kier molecular flexibility index (Phi) is 7.59. The molecule has 178 valence electrons. The topological polar surface area (TPSA) is 80.5 Å². The van der Waals surface area contributed by atoms with E-state index in [2.05, 4.69) is 15.2 Å². The van der Waals surface area contributed by atoms with Crippen LogP contribution < -0.4 is 15.8 Å². The summed E-state index contributed by atoms with van der Waals surface area (Å²) in [7, 11) is 0. The molecule has 3 N–H and O–H groups in total. The van der Waals surface area contributed by atoms with Crippen molar-refractivity contribution in [2.24, 2.45) is 0 Å². The molecule has 1 aliphatic heterocycles. The average molecular weight is 487 g/mol. The van der Waals surface area contributed by atoms with E-state index >= 15 is 0 Å². The first-order chi connectivity index (χ1) is 16.4. The molecule has 0 aliphatic carbocycles. The Hall–Kier alpha value is -3.23. The Balaban J connectivity index is 1.46. The van der Waals surface area contributed by atoms with Crippen LogP contribution in [0.1, 0.15) is 28.8 Å². The second-order valence-electron chi connectivity index (χ2n) is 8.10. The van der Waals surface area contributed by atoms with Crippen molar-refractivity contribution in [3.8, 4) is 16.9 Å². The van der Waals surface area contributed by atoms with Gasteiger partial charge in [0.1, 0.15) is 18.2 Å². The summed E-state index contributed by atoms with van der Waals surface area (Å²) in [6.07, 6.45) is 3.98. The fraction of sp³-hybridized carbons (Fsp3) is 0.280. The Morgan fingerprint density at radius 2 is 1.88 bits per heavy atom. The molecule has 2 aromatic carbocycles. The third-order valence-electron chi connectivity index (χ3n) is 5.76. The van der Waals surface area contributed by atoms with Gasteiger partial charge in [-0.2, -0.15) is 0 Å². The molecule has 6 nitrogen and oxygen atoms in total. The highest BCUT2D eigenvalue weighted by Gasteiger charge is 2.15. The SMILES string of the molecule is Nc1ncc(-c2cccc(C(=O)NCCN3CCCC3)c2)cc1OCc1c(F)ccc(F)c1Cl. The van der Waals surface area contributed by atoms with E-state index in [1.165, 1.54) is 12.8 Å². The Morgan fingerprint density at radius 3 is 2.68 bits per heavy atom. The fourth-order valence-corrected chi connectivity index (χ4v) is 4.06. The zero-order chi connectivity index (χ0) is 24.1. The smallest absolute Gasteiger partial charge is 0.251 e. The van der Waals surface area contributed by atoms with Crippen LogP contribution in [0, 0.1) is 11.6 Å². The van der Waals surface area contributed by atoms with Gasteiger partial charge in [-0.15, -0.1) is 0 Å². The van der Waals surface area contributed by atoms with Crippen molar-refractivity contribution in [2.45, 2.75) is 19.4 Å². The van der Waals surface area contributed by atoms with Crippen LogP contribution in [0.2, 0.25) is 5.02 Å². The van der Waals surface area contributed by atoms with Crippen molar-refractivity contribution in [1.29, 1.82) is 0 Å². The molecule has 1 aliphatic rings. The molecule has 0 radical (unpaired) electrons. The average Bonchev–Trinajstić information content (AvgIpc) is 3.36. The van der Waals surface area contributed by atoms with Gasteiger partial charge in [0.25, 0.3) is 5.91 Å². The lowest BCUT2D eigenvalue weighted by atomic mass is 10.0. The summed E-state index contributed by atoms with van der Waals surface area (Å²) in [6, 6.07) is 10.7. The van der Waals surface area contributed by atoms with E-state index in [-0.39, 0.29) is 34.7 Å². The number of nitrogen functional groups attached to an aromatic ring is 1. The second kappa shape index (κ2) is 10.8. The predicted octanol–water partition coefficient (Wildman–Crippen LogP) is 4.67. The molecule has 0 spiro atoms. The largest absolute Gasteiger partial charge is 0.485 e. The van der Waals surface area contributed by atoms with Gasteiger partial charge in [-0.3, -0.25) is 4.79 Å². The lowest BCUT2D eigenvalue weighted by Crippen LogP contribution is -2.33. The Bertz CT molecular complexity index is 1190. The molecule has 0 bridgehead atoms. The number of pyridine rings is 1. The van der Waals surface area contributed by atoms with Crippen molar-refractivity contribution in [2.75, 3.05) is 31.9 Å². The Morgan fingerprint density at radius 1 is 1.12 bits per heavy atom. The van der Waals surface area contributed by atoms with Gasteiger partial charge in [-0.1, -0.05) is 23.7 Å². The number of nitrogens with zero attached hydrogens (tertiary/aromatic N) is 2. The number of nitrogens with one attached hydrogen (secondary N) is 1. The molecular formula is C25H25ClF2N4O2. The maximum Gasteiger partial charge on any atom is 0.251 e. The van der Waals surface area contributed by atoms with Gasteiger partial charge < -0.3 is 20.7 Å². The van der Waals surface area contributed by atoms with E-state index in [0.29, 0.717) is 17.7 Å². The highest BCUT2D eigenvalue weighted by atomic mass is 35.5. The first-order valence-electron chi connectivity index (χ1n) is 11.0. The zero-order valence-corrected chi connectivity index (χ0v) is 19.2. The predicted molar refractivity (Wildman–Crippen MR) is 128 cm³/mol. The highest BCUT2D eigenvalue weighted by Crippen LogP contribution is 2.30. The molecule has 3 aromatic rings. The van der Waals surface area contributed by atoms with Crippen molar-refractivity contribution in [3.05, 3.63) is 76.4 Å². The van der Waals surface area contributed by atoms with Crippen LogP contribution in [0.4, 0.5) is 14.6 Å². The van der Waals surface area contributed by atoms with Crippen LogP contribution >= 0.6 is 11.6 Å². The number of hydrogen-bond donors (Lipinski definition) is 2. The molecule has 1 amide bonds. The summed E-state index contributed by atoms with van der Waals surface area (Å²) >= 11 is 5.87. The number of halogens is 3. The van der Waals surface area contributed by atoms with Gasteiger partial charge >= 0.3 is 0 Å². The number of anilines is 1. The van der Waals surface area contributed by atoms with Crippen LogP contribution in [-0.2, 0) is 6.61 Å². The minimum Gasteiger partial charge on any atom is -0.485 e. The Labute approximate surface area is 201 Å². The van der Waals surface area contributed by atoms with Crippen LogP contribution in [0.15, 0.2) is 48.7 Å².